The first-order valence-corrected chi connectivity index (χ1v) is 9.41. The first-order valence-electron chi connectivity index (χ1n) is 9.41. The number of nitrogens with one attached hydrogen (secondary N) is 1. The molecule has 4 fully saturated rings. The Hall–Kier alpha value is -2.11. The van der Waals surface area contributed by atoms with E-state index in [1.807, 2.05) is 17.0 Å². The van der Waals surface area contributed by atoms with Crippen LogP contribution in [0.1, 0.15) is 36.8 Å². The normalized spacial score (nSPS) is 37.6. The average molecular weight is 358 g/mol. The predicted molar refractivity (Wildman–Crippen MR) is 92.1 cm³/mol. The highest BCUT2D eigenvalue weighted by Crippen LogP contribution is 2.59. The second-order valence-electron chi connectivity index (χ2n) is 8.64. The largest absolute Gasteiger partial charge is 0.447 e. The van der Waals surface area contributed by atoms with E-state index in [2.05, 4.69) is 5.32 Å². The van der Waals surface area contributed by atoms with Crippen molar-refractivity contribution in [1.82, 2.24) is 10.2 Å². The van der Waals surface area contributed by atoms with Crippen LogP contribution in [0.25, 0.3) is 0 Å². The highest BCUT2D eigenvalue weighted by molar-refractivity contribution is 5.82. The van der Waals surface area contributed by atoms with E-state index in [9.17, 15) is 14.0 Å². The van der Waals surface area contributed by atoms with Crippen LogP contribution >= 0.6 is 0 Å². The highest BCUT2D eigenvalue weighted by Gasteiger charge is 2.59. The molecule has 1 N–H and O–H groups in total. The Kier molecular flexibility index (Phi) is 3.22. The molecule has 0 bridgehead atoms. The van der Waals surface area contributed by atoms with Gasteiger partial charge in [-0.05, 0) is 55.7 Å². The summed E-state index contributed by atoms with van der Waals surface area (Å²) in [6.45, 7) is 3.66. The third kappa shape index (κ3) is 2.27. The molecule has 0 unspecified atom stereocenters. The van der Waals surface area contributed by atoms with Gasteiger partial charge >= 0.3 is 6.09 Å². The number of halogens is 1. The monoisotopic (exact) mass is 358 g/mol. The number of nitrogens with zero attached hydrogens (tertiary/aromatic N) is 1. The van der Waals surface area contributed by atoms with Crippen molar-refractivity contribution in [2.75, 3.05) is 19.7 Å². The third-order valence-corrected chi connectivity index (χ3v) is 7.03. The standard InChI is InChI=1S/C20H23FN2O3/c1-12-2-3-14(6-16(12)21)20-4-5-23(10-15(20)9-20)17(24)13-7-19(8-13)11-26-18(25)22-19/h2-3,6,13,15H,4-5,7-11H2,1H3,(H,22,25)/t13?,15-,19?,20-/m1/s1. The third-order valence-electron chi connectivity index (χ3n) is 7.03. The van der Waals surface area contributed by atoms with Gasteiger partial charge in [0.15, 0.2) is 0 Å². The first-order chi connectivity index (χ1) is 12.4. The van der Waals surface area contributed by atoms with Crippen LogP contribution in [0.15, 0.2) is 18.2 Å². The summed E-state index contributed by atoms with van der Waals surface area (Å²) >= 11 is 0. The maximum absolute atomic E-state index is 14.0. The van der Waals surface area contributed by atoms with Crippen LogP contribution in [0.5, 0.6) is 0 Å². The number of ether oxygens (including phenoxy) is 1. The smallest absolute Gasteiger partial charge is 0.407 e. The molecule has 0 radical (unpaired) electrons. The fourth-order valence-electron chi connectivity index (χ4n) is 5.25. The Bertz CT molecular complexity index is 804. The van der Waals surface area contributed by atoms with Crippen LogP contribution in [0.4, 0.5) is 9.18 Å². The number of alkyl carbamates (subject to hydrolysis) is 1. The maximum Gasteiger partial charge on any atom is 0.407 e. The molecular formula is C20H23FN2O3. The molecule has 0 aromatic heterocycles. The van der Waals surface area contributed by atoms with Crippen LogP contribution in [0.3, 0.4) is 0 Å². The summed E-state index contributed by atoms with van der Waals surface area (Å²) in [5, 5.41) is 2.84. The molecule has 2 amide bonds. The van der Waals surface area contributed by atoms with Crippen molar-refractivity contribution < 1.29 is 18.7 Å². The number of hydrogen-bond acceptors (Lipinski definition) is 3. The van der Waals surface area contributed by atoms with E-state index in [4.69, 9.17) is 4.74 Å². The van der Waals surface area contributed by atoms with E-state index in [-0.39, 0.29) is 34.7 Å². The molecule has 138 valence electrons. The number of piperidine rings is 1. The fraction of sp³-hybridized carbons (Fsp3) is 0.600. The molecule has 2 aliphatic heterocycles. The lowest BCUT2D eigenvalue weighted by molar-refractivity contribution is -0.142. The molecular weight excluding hydrogens is 335 g/mol. The fourth-order valence-corrected chi connectivity index (χ4v) is 5.25. The van der Waals surface area contributed by atoms with Gasteiger partial charge in [0.2, 0.25) is 5.91 Å². The number of benzene rings is 1. The van der Waals surface area contributed by atoms with Crippen molar-refractivity contribution >= 4 is 12.0 Å². The van der Waals surface area contributed by atoms with Crippen LogP contribution in [0, 0.1) is 24.6 Å². The zero-order valence-electron chi connectivity index (χ0n) is 14.9. The van der Waals surface area contributed by atoms with Gasteiger partial charge in [0.25, 0.3) is 0 Å². The molecule has 1 aromatic rings. The first kappa shape index (κ1) is 16.1. The number of cyclic esters (lactones) is 1. The van der Waals surface area contributed by atoms with Gasteiger partial charge in [-0.25, -0.2) is 9.18 Å². The minimum absolute atomic E-state index is 0.0138. The molecule has 2 saturated heterocycles. The van der Waals surface area contributed by atoms with E-state index < -0.39 is 0 Å². The molecule has 1 spiro atoms. The summed E-state index contributed by atoms with van der Waals surface area (Å²) in [5.41, 5.74) is 1.53. The SMILES string of the molecule is Cc1ccc([C@]23CCN(C(=O)C4CC5(COC(=O)N5)C4)C[C@H]2C3)cc1F. The van der Waals surface area contributed by atoms with Gasteiger partial charge in [-0.1, -0.05) is 12.1 Å². The minimum Gasteiger partial charge on any atom is -0.447 e. The Morgan fingerprint density at radius 3 is 2.81 bits per heavy atom. The van der Waals surface area contributed by atoms with E-state index in [0.29, 0.717) is 30.9 Å². The van der Waals surface area contributed by atoms with E-state index in [0.717, 1.165) is 31.5 Å². The molecule has 4 aliphatic rings. The van der Waals surface area contributed by atoms with Gasteiger partial charge in [0.05, 0.1) is 5.54 Å². The average Bonchev–Trinajstić information content (AvgIpc) is 3.21. The molecule has 26 heavy (non-hydrogen) atoms. The zero-order valence-corrected chi connectivity index (χ0v) is 14.9. The Labute approximate surface area is 151 Å². The predicted octanol–water partition coefficient (Wildman–Crippen LogP) is 2.51. The number of carbonyl (C=O) groups is 2. The van der Waals surface area contributed by atoms with Crippen molar-refractivity contribution in [1.29, 1.82) is 0 Å². The van der Waals surface area contributed by atoms with Gasteiger partial charge in [-0.2, -0.15) is 0 Å². The lowest BCUT2D eigenvalue weighted by atomic mass is 9.68. The number of likely N-dealkylation sites (tertiary alicyclic amines) is 1. The zero-order chi connectivity index (χ0) is 18.1. The highest BCUT2D eigenvalue weighted by atomic mass is 19.1. The van der Waals surface area contributed by atoms with Crippen molar-refractivity contribution in [3.8, 4) is 0 Å². The number of amides is 2. The second kappa shape index (κ2) is 5.21. The number of fused-ring (bicyclic) bond motifs is 1. The number of aryl methyl sites for hydroxylation is 1. The van der Waals surface area contributed by atoms with Gasteiger partial charge in [0.1, 0.15) is 12.4 Å². The molecule has 2 aliphatic carbocycles. The molecule has 5 rings (SSSR count). The lowest BCUT2D eigenvalue weighted by Crippen LogP contribution is -2.58. The Morgan fingerprint density at radius 2 is 2.15 bits per heavy atom. The van der Waals surface area contributed by atoms with Crippen LogP contribution in [-0.2, 0) is 14.9 Å². The van der Waals surface area contributed by atoms with Gasteiger partial charge < -0.3 is 15.0 Å². The molecule has 2 heterocycles. The number of carbonyl (C=O) groups excluding carboxylic acids is 2. The van der Waals surface area contributed by atoms with Gasteiger partial charge in [-0.3, -0.25) is 4.79 Å². The van der Waals surface area contributed by atoms with E-state index >= 15 is 0 Å². The number of rotatable bonds is 2. The summed E-state index contributed by atoms with van der Waals surface area (Å²) in [5.74, 6) is 0.486. The van der Waals surface area contributed by atoms with Crippen molar-refractivity contribution in [2.45, 2.75) is 43.6 Å². The second-order valence-corrected chi connectivity index (χ2v) is 8.64. The van der Waals surface area contributed by atoms with Gasteiger partial charge in [0, 0.05) is 24.4 Å². The van der Waals surface area contributed by atoms with Crippen molar-refractivity contribution in [2.24, 2.45) is 11.8 Å². The van der Waals surface area contributed by atoms with Gasteiger partial charge in [-0.15, -0.1) is 0 Å². The summed E-state index contributed by atoms with van der Waals surface area (Å²) in [4.78, 5) is 26.0. The maximum atomic E-state index is 14.0. The summed E-state index contributed by atoms with van der Waals surface area (Å²) in [7, 11) is 0. The molecule has 1 aromatic carbocycles. The summed E-state index contributed by atoms with van der Waals surface area (Å²) in [6, 6.07) is 5.59. The Morgan fingerprint density at radius 1 is 1.35 bits per heavy atom. The Balaban J connectivity index is 1.22. The van der Waals surface area contributed by atoms with E-state index in [1.165, 1.54) is 0 Å². The topological polar surface area (TPSA) is 58.6 Å². The summed E-state index contributed by atoms with van der Waals surface area (Å²) < 4.78 is 18.9. The molecule has 2 saturated carbocycles. The van der Waals surface area contributed by atoms with Crippen molar-refractivity contribution in [3.63, 3.8) is 0 Å². The lowest BCUT2D eigenvalue weighted by Gasteiger charge is -2.44. The minimum atomic E-state index is -0.373. The summed E-state index contributed by atoms with van der Waals surface area (Å²) in [6.07, 6.45) is 2.92. The van der Waals surface area contributed by atoms with Crippen LogP contribution < -0.4 is 5.32 Å². The van der Waals surface area contributed by atoms with Crippen molar-refractivity contribution in [3.05, 3.63) is 35.1 Å². The molecule has 6 heteroatoms. The molecule has 2 atom stereocenters. The van der Waals surface area contributed by atoms with Crippen LogP contribution in [-0.4, -0.2) is 42.1 Å². The van der Waals surface area contributed by atoms with Crippen LogP contribution in [0.2, 0.25) is 0 Å². The quantitative estimate of drug-likeness (QED) is 0.884. The number of hydrogen-bond donors (Lipinski definition) is 1. The van der Waals surface area contributed by atoms with E-state index in [1.54, 1.807) is 13.0 Å². The molecule has 5 nitrogen and oxygen atoms in total.